The molecule has 25 nitrogen and oxygen atoms in total. The second-order valence-corrected chi connectivity index (χ2v) is 38.8. The fraction of sp³-hybridized carbons (Fsp3) is 0.525. The lowest BCUT2D eigenvalue weighted by atomic mass is 9.79. The normalized spacial score (nSPS) is 20.1. The largest absolute Gasteiger partial charge is 0.506 e. The lowest BCUT2D eigenvalue weighted by Gasteiger charge is -2.52. The van der Waals surface area contributed by atoms with Crippen molar-refractivity contribution in [2.75, 3.05) is 134 Å². The van der Waals surface area contributed by atoms with E-state index in [1.807, 2.05) is 84.4 Å². The topological polar surface area (TPSA) is 232 Å². The number of ether oxygens (including phenoxy) is 5. The zero-order valence-corrected chi connectivity index (χ0v) is 79.6. The maximum Gasteiger partial charge on any atom is 0.456 e. The minimum atomic E-state index is -4.92. The SMILES string of the molecule is CC(C)Oc1ccc(C(=O)N2CCC3(CC2)c2ccc(C(=O)C4CC4)n2CCN3C)cc1Cl.CN1CCn2c(C(=O)C(C)(C)C)ccc2C12CCN(C(=O)c1ccc(O)c(Cl)c1)CC2.COCCOc1ccc(C(=O)N2CCC3(CC2)c2ccc(C(=O)C(F)(F)F)n2CCN3C)cc1OC.Cc1cc(C(=O)N2CC[C@@]3(c4ccc(C(F)(F)F)n4CCN3C)[C@@H](F)C2)ccc1OC(C)C. The molecule has 2 atom stereocenters. The predicted molar refractivity (Wildman–Crippen MR) is 490 cm³/mol. The highest BCUT2D eigenvalue weighted by Gasteiger charge is 2.56. The summed E-state index contributed by atoms with van der Waals surface area (Å²) in [5.41, 5.74) is 4.29. The second kappa shape index (κ2) is 39.2. The van der Waals surface area contributed by atoms with Gasteiger partial charge in [0.25, 0.3) is 29.4 Å². The van der Waals surface area contributed by atoms with Crippen LogP contribution in [0.1, 0.15) is 213 Å². The molecule has 4 saturated heterocycles. The van der Waals surface area contributed by atoms with Gasteiger partial charge >= 0.3 is 12.4 Å². The van der Waals surface area contributed by atoms with Crippen molar-refractivity contribution in [2.45, 2.75) is 192 Å². The molecule has 4 aromatic carbocycles. The van der Waals surface area contributed by atoms with Gasteiger partial charge < -0.3 is 66.7 Å². The van der Waals surface area contributed by atoms with Crippen LogP contribution in [0, 0.1) is 18.3 Å². The summed E-state index contributed by atoms with van der Waals surface area (Å²) in [6, 6.07) is 33.6. The summed E-state index contributed by atoms with van der Waals surface area (Å²) >= 11 is 12.4. The zero-order valence-electron chi connectivity index (χ0n) is 78.1. The average Bonchev–Trinajstić information content (AvgIpc) is 1.64. The number of rotatable bonds is 17. The number of phenols is 1. The fourth-order valence-corrected chi connectivity index (χ4v) is 21.0. The van der Waals surface area contributed by atoms with Gasteiger partial charge in [0.2, 0.25) is 0 Å². The number of alkyl halides is 7. The first-order chi connectivity index (χ1) is 62.9. The zero-order chi connectivity index (χ0) is 96.1. The number of carbonyl (C=O) groups is 7. The van der Waals surface area contributed by atoms with E-state index in [4.69, 9.17) is 46.9 Å². The van der Waals surface area contributed by atoms with Crippen molar-refractivity contribution in [3.63, 3.8) is 0 Å². The molecular weight excluding hydrogens is 1770 g/mol. The molecule has 0 unspecified atom stereocenters. The third-order valence-electron chi connectivity index (χ3n) is 28.3. The predicted octanol–water partition coefficient (Wildman–Crippen LogP) is 16.7. The molecule has 34 heteroatoms. The van der Waals surface area contributed by atoms with Gasteiger partial charge in [-0.1, -0.05) is 44.0 Å². The van der Waals surface area contributed by atoms with E-state index in [0.29, 0.717) is 152 Å². The number of carbonyl (C=O) groups excluding carboxylic acids is 7. The van der Waals surface area contributed by atoms with Gasteiger partial charge in [0.05, 0.1) is 81.8 Å². The number of hydrogen-bond acceptors (Lipinski definition) is 17. The van der Waals surface area contributed by atoms with E-state index in [1.54, 1.807) is 90.7 Å². The maximum absolute atomic E-state index is 15.8. The summed E-state index contributed by atoms with van der Waals surface area (Å²) < 4.78 is 130. The van der Waals surface area contributed by atoms with Gasteiger partial charge in [-0.3, -0.25) is 53.2 Å². The van der Waals surface area contributed by atoms with Crippen molar-refractivity contribution in [3.8, 4) is 28.7 Å². The van der Waals surface area contributed by atoms with Crippen LogP contribution in [0.3, 0.4) is 0 Å². The number of Topliss-reactive ketones (excluding diaryl/α,β-unsaturated/α-hetero) is 3. The van der Waals surface area contributed by atoms with Crippen molar-refractivity contribution in [1.29, 1.82) is 0 Å². The molecule has 4 aromatic heterocycles. The number of aromatic nitrogens is 4. The number of fused-ring (bicyclic) bond motifs is 8. The Balaban J connectivity index is 0.000000143. The van der Waals surface area contributed by atoms with E-state index in [-0.39, 0.29) is 101 Å². The summed E-state index contributed by atoms with van der Waals surface area (Å²) in [7, 11) is 11.1. The quantitative estimate of drug-likeness (QED) is 0.0507. The van der Waals surface area contributed by atoms with Gasteiger partial charge in [0.1, 0.15) is 35.7 Å². The van der Waals surface area contributed by atoms with Crippen molar-refractivity contribution in [1.82, 2.24) is 57.5 Å². The average molecular weight is 1890 g/mol. The molecule has 8 aromatic rings. The summed E-state index contributed by atoms with van der Waals surface area (Å²) in [6.45, 7) is 24.4. The second-order valence-electron chi connectivity index (χ2n) is 37.9. The molecule has 718 valence electrons. The number of benzene rings is 4. The van der Waals surface area contributed by atoms with Crippen LogP contribution < -0.4 is 18.9 Å². The highest BCUT2D eigenvalue weighted by molar-refractivity contribution is 6.32. The van der Waals surface area contributed by atoms with Gasteiger partial charge in [-0.2, -0.15) is 26.3 Å². The minimum absolute atomic E-state index is 0.000114. The Labute approximate surface area is 781 Å². The molecule has 8 aliphatic heterocycles. The summed E-state index contributed by atoms with van der Waals surface area (Å²) in [5.74, 6) is 0.545. The highest BCUT2D eigenvalue weighted by atomic mass is 35.5. The van der Waals surface area contributed by atoms with E-state index >= 15 is 4.39 Å². The van der Waals surface area contributed by atoms with E-state index < -0.39 is 46.5 Å². The molecule has 17 rings (SSSR count). The first kappa shape index (κ1) is 98.8. The third kappa shape index (κ3) is 19.7. The number of aromatic hydroxyl groups is 1. The minimum Gasteiger partial charge on any atom is -0.506 e. The number of nitrogens with zero attached hydrogens (tertiary/aromatic N) is 12. The Morgan fingerprint density at radius 1 is 0.444 bits per heavy atom. The standard InChI is InChI=1S/C26H32ClN3O3.C25H30F3N3O5.C24H30ClN3O3.C24H29F4N3O2/c1-17(2)33-22-8-6-19(16-20(22)27)25(32)29-12-10-26(11-13-29)23-9-7-21(24(31)18-4-5-18)30(23)15-14-28(26)3;1-29-12-13-31-18(22(32)25(26,27)28)5-7-21(31)24(29)8-10-30(11-9-24)23(33)17-4-6-19(20(16-17)35-3)36-15-14-34-2;1-23(2,3)21(30)18-6-8-20-24(26(4)13-14-28(18)20)9-11-27(12-10-24)22(31)16-5-7-19(29)17(25)15-16;1-15(2)33-18-6-5-17(13-16(18)3)22(32)30-10-9-23(19(25)14-30)20-7-8-21(24(26,27)28)31(20)12-11-29(23)4/h6-9,16-18H,4-5,10-15H2,1-3H3;4-7,16H,8-15H2,1-3H3;5-8,15,29H,9-14H2,1-4H3;5-8,13,15,19H,9-12,14H2,1-4H3/t;;;19-,23-/m...0/s1. The summed E-state index contributed by atoms with van der Waals surface area (Å²) in [6.07, 6.45) is -4.30. The maximum atomic E-state index is 15.8. The van der Waals surface area contributed by atoms with Gasteiger partial charge in [0, 0.05) is 162 Å². The molecule has 1 saturated carbocycles. The molecule has 133 heavy (non-hydrogen) atoms. The van der Waals surface area contributed by atoms with Gasteiger partial charge in [0.15, 0.2) is 23.1 Å². The first-order valence-electron chi connectivity index (χ1n) is 45.7. The van der Waals surface area contributed by atoms with Crippen LogP contribution in [0.5, 0.6) is 28.7 Å². The third-order valence-corrected chi connectivity index (χ3v) is 28.9. The molecule has 4 spiro atoms. The Morgan fingerprint density at radius 3 is 1.29 bits per heavy atom. The Hall–Kier alpha value is -10.2. The van der Waals surface area contributed by atoms with Gasteiger partial charge in [-0.15, -0.1) is 0 Å². The number of aryl methyl sites for hydroxylation is 1. The smallest absolute Gasteiger partial charge is 0.456 e. The lowest BCUT2D eigenvalue weighted by molar-refractivity contribution is -0.145. The van der Waals surface area contributed by atoms with E-state index in [1.165, 1.54) is 56.8 Å². The Morgan fingerprint density at radius 2 is 0.850 bits per heavy atom. The van der Waals surface area contributed by atoms with Crippen molar-refractivity contribution < 1.29 is 93.1 Å². The molecule has 9 aliphatic rings. The monoisotopic (exact) mass is 1890 g/mol. The van der Waals surface area contributed by atoms with E-state index in [2.05, 4.69) is 50.1 Å². The molecule has 4 amide bonds. The number of halogens is 9. The fourth-order valence-electron chi connectivity index (χ4n) is 20.6. The molecule has 0 radical (unpaired) electrons. The number of piperidine rings is 4. The van der Waals surface area contributed by atoms with Crippen LogP contribution in [-0.2, 0) is 59.2 Å². The highest BCUT2D eigenvalue weighted by Crippen LogP contribution is 2.50. The number of amides is 4. The van der Waals surface area contributed by atoms with Crippen LogP contribution in [0.2, 0.25) is 10.0 Å². The number of methoxy groups -OCH3 is 2. The van der Waals surface area contributed by atoms with Crippen LogP contribution >= 0.6 is 23.2 Å². The molecule has 1 aliphatic carbocycles. The van der Waals surface area contributed by atoms with Gasteiger partial charge in [-0.05, 0) is 247 Å². The lowest BCUT2D eigenvalue weighted by Crippen LogP contribution is -2.63. The number of ketones is 3. The number of phenolic OH excluding ortho intramolecular Hbond substituents is 1. The van der Waals surface area contributed by atoms with Crippen LogP contribution in [0.15, 0.2) is 121 Å². The summed E-state index contributed by atoms with van der Waals surface area (Å²) in [5, 5.41) is 10.3. The molecule has 12 heterocycles. The van der Waals surface area contributed by atoms with E-state index in [0.717, 1.165) is 87.7 Å². The summed E-state index contributed by atoms with van der Waals surface area (Å²) in [4.78, 5) is 106. The number of likely N-dealkylation sites (tertiary alicyclic amines) is 4. The Kier molecular flexibility index (Phi) is 29.1. The molecular formula is C99H121Cl2F7N12O13. The van der Waals surface area contributed by atoms with Crippen LogP contribution in [0.4, 0.5) is 30.7 Å². The molecule has 5 fully saturated rings. The van der Waals surface area contributed by atoms with E-state index in [9.17, 15) is 65.0 Å². The number of hydrogen-bond donors (Lipinski definition) is 1. The Bertz CT molecular complexity index is 5650. The molecule has 0 bridgehead atoms. The van der Waals surface area contributed by atoms with Crippen molar-refractivity contribution in [2.24, 2.45) is 11.3 Å². The van der Waals surface area contributed by atoms with Crippen LogP contribution in [-0.4, -0.2) is 262 Å². The molecule has 1 N–H and O–H groups in total. The van der Waals surface area contributed by atoms with Crippen molar-refractivity contribution >= 4 is 64.2 Å². The first-order valence-corrected chi connectivity index (χ1v) is 46.4. The van der Waals surface area contributed by atoms with Crippen LogP contribution in [0.25, 0.3) is 0 Å². The van der Waals surface area contributed by atoms with Gasteiger partial charge in [-0.25, -0.2) is 4.39 Å². The number of likely N-dealkylation sites (N-methyl/N-ethyl adjacent to an activating group) is 4. The van der Waals surface area contributed by atoms with Crippen molar-refractivity contribution in [3.05, 3.63) is 205 Å².